The maximum absolute atomic E-state index is 11.0. The van der Waals surface area contributed by atoms with E-state index in [9.17, 15) is 4.79 Å². The first-order valence-electron chi connectivity index (χ1n) is 4.26. The number of aliphatic hydroxyl groups is 1. The Kier molecular flexibility index (Phi) is 2.53. The molecule has 0 aliphatic heterocycles. The number of anilines is 1. The molecule has 2 aromatic rings. The Hall–Kier alpha value is -1.66. The Balaban J connectivity index is 2.47. The van der Waals surface area contributed by atoms with E-state index in [4.69, 9.17) is 10.8 Å². The van der Waals surface area contributed by atoms with Crippen molar-refractivity contribution in [2.24, 2.45) is 5.73 Å². The molecule has 0 spiro atoms. The van der Waals surface area contributed by atoms with E-state index in [0.717, 1.165) is 15.1 Å². The molecule has 78 valence electrons. The van der Waals surface area contributed by atoms with Gasteiger partial charge in [-0.1, -0.05) is 23.5 Å². The molecule has 0 saturated heterocycles. The summed E-state index contributed by atoms with van der Waals surface area (Å²) in [6.07, 6.45) is 0. The van der Waals surface area contributed by atoms with Crippen molar-refractivity contribution in [3.05, 3.63) is 24.3 Å². The SMILES string of the molecule is NC(=O)N(CO)c1nc2ccccc2s1. The number of primary amides is 1. The molecular formula is C9H9N3O2S. The lowest BCUT2D eigenvalue weighted by Gasteiger charge is -2.12. The van der Waals surface area contributed by atoms with Gasteiger partial charge in [-0.2, -0.15) is 0 Å². The number of amides is 2. The van der Waals surface area contributed by atoms with Gasteiger partial charge in [-0.05, 0) is 12.1 Å². The van der Waals surface area contributed by atoms with Crippen LogP contribution in [-0.2, 0) is 0 Å². The molecule has 1 heterocycles. The van der Waals surface area contributed by atoms with E-state index in [1.54, 1.807) is 0 Å². The Bertz CT molecular complexity index is 464. The average molecular weight is 223 g/mol. The lowest BCUT2D eigenvalue weighted by atomic mass is 10.3. The number of rotatable bonds is 2. The van der Waals surface area contributed by atoms with E-state index < -0.39 is 12.8 Å². The summed E-state index contributed by atoms with van der Waals surface area (Å²) in [5.74, 6) is 0. The number of aromatic nitrogens is 1. The lowest BCUT2D eigenvalue weighted by Crippen LogP contribution is -2.36. The number of aliphatic hydroxyl groups excluding tert-OH is 1. The van der Waals surface area contributed by atoms with E-state index in [1.807, 2.05) is 24.3 Å². The van der Waals surface area contributed by atoms with Gasteiger partial charge in [-0.3, -0.25) is 0 Å². The van der Waals surface area contributed by atoms with Crippen LogP contribution >= 0.6 is 11.3 Å². The van der Waals surface area contributed by atoms with Crippen molar-refractivity contribution in [1.82, 2.24) is 4.98 Å². The molecule has 3 N–H and O–H groups in total. The molecular weight excluding hydrogens is 214 g/mol. The molecule has 15 heavy (non-hydrogen) atoms. The van der Waals surface area contributed by atoms with Crippen LogP contribution in [0.15, 0.2) is 24.3 Å². The molecule has 5 nitrogen and oxygen atoms in total. The molecule has 0 aliphatic rings. The molecule has 2 amide bonds. The molecule has 0 aliphatic carbocycles. The maximum atomic E-state index is 11.0. The van der Waals surface area contributed by atoms with E-state index in [2.05, 4.69) is 4.98 Å². The summed E-state index contributed by atoms with van der Waals surface area (Å²) in [4.78, 5) is 16.2. The molecule has 0 unspecified atom stereocenters. The van der Waals surface area contributed by atoms with Crippen LogP contribution in [0, 0.1) is 0 Å². The summed E-state index contributed by atoms with van der Waals surface area (Å²) in [6.45, 7) is -0.463. The fraction of sp³-hybridized carbons (Fsp3) is 0.111. The van der Waals surface area contributed by atoms with Crippen molar-refractivity contribution in [3.8, 4) is 0 Å². The Morgan fingerprint density at radius 3 is 2.87 bits per heavy atom. The van der Waals surface area contributed by atoms with E-state index in [-0.39, 0.29) is 0 Å². The van der Waals surface area contributed by atoms with Gasteiger partial charge in [0.1, 0.15) is 6.73 Å². The van der Waals surface area contributed by atoms with Gasteiger partial charge in [0, 0.05) is 0 Å². The predicted molar refractivity (Wildman–Crippen MR) is 58.8 cm³/mol. The number of benzene rings is 1. The number of carbonyl (C=O) groups is 1. The third-order valence-corrected chi connectivity index (χ3v) is 2.98. The molecule has 2 rings (SSSR count). The van der Waals surface area contributed by atoms with Crippen LogP contribution in [0.2, 0.25) is 0 Å². The minimum Gasteiger partial charge on any atom is -0.376 e. The summed E-state index contributed by atoms with van der Waals surface area (Å²) in [5.41, 5.74) is 5.88. The summed E-state index contributed by atoms with van der Waals surface area (Å²) >= 11 is 1.31. The number of para-hydroxylation sites is 1. The number of nitrogens with zero attached hydrogens (tertiary/aromatic N) is 2. The summed E-state index contributed by atoms with van der Waals surface area (Å²) in [6, 6.07) is 6.77. The molecule has 0 saturated carbocycles. The van der Waals surface area contributed by atoms with Gasteiger partial charge in [0.25, 0.3) is 0 Å². The first kappa shape index (κ1) is 9.88. The molecule has 1 aromatic carbocycles. The third-order valence-electron chi connectivity index (χ3n) is 1.92. The van der Waals surface area contributed by atoms with Crippen molar-refractivity contribution in [3.63, 3.8) is 0 Å². The Morgan fingerprint density at radius 2 is 2.27 bits per heavy atom. The second-order valence-electron chi connectivity index (χ2n) is 2.87. The van der Waals surface area contributed by atoms with Gasteiger partial charge in [-0.15, -0.1) is 0 Å². The van der Waals surface area contributed by atoms with Gasteiger partial charge in [0.05, 0.1) is 10.2 Å². The Morgan fingerprint density at radius 1 is 1.53 bits per heavy atom. The molecule has 0 atom stereocenters. The third kappa shape index (κ3) is 1.77. The highest BCUT2D eigenvalue weighted by Gasteiger charge is 2.15. The second-order valence-corrected chi connectivity index (χ2v) is 3.88. The van der Waals surface area contributed by atoms with Gasteiger partial charge in [0.15, 0.2) is 5.13 Å². The van der Waals surface area contributed by atoms with E-state index in [0.29, 0.717) is 5.13 Å². The molecule has 1 aromatic heterocycles. The highest BCUT2D eigenvalue weighted by Crippen LogP contribution is 2.27. The second kappa shape index (κ2) is 3.84. The smallest absolute Gasteiger partial charge is 0.323 e. The standard InChI is InChI=1S/C9H9N3O2S/c10-8(14)12(5-13)9-11-6-3-1-2-4-7(6)15-9/h1-4,13H,5H2,(H2,10,14). The quantitative estimate of drug-likeness (QED) is 0.749. The first-order valence-corrected chi connectivity index (χ1v) is 5.07. The van der Waals surface area contributed by atoms with Crippen molar-refractivity contribution >= 4 is 32.7 Å². The van der Waals surface area contributed by atoms with Crippen LogP contribution < -0.4 is 10.6 Å². The topological polar surface area (TPSA) is 79.5 Å². The van der Waals surface area contributed by atoms with E-state index in [1.165, 1.54) is 11.3 Å². The highest BCUT2D eigenvalue weighted by molar-refractivity contribution is 7.22. The van der Waals surface area contributed by atoms with Gasteiger partial charge in [-0.25, -0.2) is 14.7 Å². The molecule has 0 bridgehead atoms. The number of fused-ring (bicyclic) bond motifs is 1. The largest absolute Gasteiger partial charge is 0.376 e. The average Bonchev–Trinajstić information content (AvgIpc) is 2.61. The molecule has 0 radical (unpaired) electrons. The van der Waals surface area contributed by atoms with Crippen molar-refractivity contribution in [1.29, 1.82) is 0 Å². The number of hydrogen-bond acceptors (Lipinski definition) is 4. The van der Waals surface area contributed by atoms with Crippen molar-refractivity contribution < 1.29 is 9.90 Å². The monoisotopic (exact) mass is 223 g/mol. The zero-order valence-corrected chi connectivity index (χ0v) is 8.57. The number of hydrogen-bond donors (Lipinski definition) is 2. The van der Waals surface area contributed by atoms with Crippen LogP contribution in [0.5, 0.6) is 0 Å². The number of thiazole rings is 1. The minimum absolute atomic E-state index is 0.409. The fourth-order valence-corrected chi connectivity index (χ4v) is 2.16. The van der Waals surface area contributed by atoms with Gasteiger partial charge >= 0.3 is 6.03 Å². The predicted octanol–water partition coefficient (Wildman–Crippen LogP) is 1.13. The van der Waals surface area contributed by atoms with Crippen molar-refractivity contribution in [2.45, 2.75) is 0 Å². The zero-order chi connectivity index (χ0) is 10.8. The van der Waals surface area contributed by atoms with Crippen LogP contribution in [0.25, 0.3) is 10.2 Å². The summed E-state index contributed by atoms with van der Waals surface area (Å²) in [5, 5.41) is 9.38. The van der Waals surface area contributed by atoms with Crippen LogP contribution in [0.3, 0.4) is 0 Å². The van der Waals surface area contributed by atoms with Crippen LogP contribution in [-0.4, -0.2) is 22.9 Å². The number of nitrogens with two attached hydrogens (primary N) is 1. The Labute approximate surface area is 89.8 Å². The maximum Gasteiger partial charge on any atom is 0.323 e. The number of carbonyl (C=O) groups excluding carboxylic acids is 1. The van der Waals surface area contributed by atoms with E-state index >= 15 is 0 Å². The molecule has 6 heteroatoms. The number of urea groups is 1. The minimum atomic E-state index is -0.712. The van der Waals surface area contributed by atoms with Crippen LogP contribution in [0.4, 0.5) is 9.93 Å². The summed E-state index contributed by atoms with van der Waals surface area (Å²) < 4.78 is 0.951. The van der Waals surface area contributed by atoms with Gasteiger partial charge in [0.2, 0.25) is 0 Å². The lowest BCUT2D eigenvalue weighted by molar-refractivity contribution is 0.239. The summed E-state index contributed by atoms with van der Waals surface area (Å²) in [7, 11) is 0. The first-order chi connectivity index (χ1) is 7.22. The molecule has 0 fully saturated rings. The highest BCUT2D eigenvalue weighted by atomic mass is 32.1. The van der Waals surface area contributed by atoms with Crippen LogP contribution in [0.1, 0.15) is 0 Å². The fourth-order valence-electron chi connectivity index (χ4n) is 1.20. The zero-order valence-electron chi connectivity index (χ0n) is 7.75. The normalized spacial score (nSPS) is 10.5. The van der Waals surface area contributed by atoms with Crippen molar-refractivity contribution in [2.75, 3.05) is 11.6 Å². The van der Waals surface area contributed by atoms with Gasteiger partial charge < -0.3 is 10.8 Å².